The molecule has 0 aliphatic rings. The van der Waals surface area contributed by atoms with Gasteiger partial charge in [-0.25, -0.2) is 0 Å². The van der Waals surface area contributed by atoms with Crippen LogP contribution < -0.4 is 0 Å². The predicted molar refractivity (Wildman–Crippen MR) is 71.6 cm³/mol. The van der Waals surface area contributed by atoms with Gasteiger partial charge < -0.3 is 5.11 Å². The molecule has 0 spiro atoms. The molecule has 1 heterocycles. The highest BCUT2D eigenvalue weighted by molar-refractivity contribution is 7.11. The van der Waals surface area contributed by atoms with Gasteiger partial charge in [-0.2, -0.15) is 0 Å². The minimum Gasteiger partial charge on any atom is -0.481 e. The number of thiophene rings is 1. The Morgan fingerprint density at radius 2 is 2.12 bits per heavy atom. The first-order valence-electron chi connectivity index (χ1n) is 5.75. The molecule has 0 aliphatic heterocycles. The molecule has 0 fully saturated rings. The number of carboxylic acids is 1. The fourth-order valence-electron chi connectivity index (χ4n) is 1.89. The topological polar surface area (TPSA) is 37.3 Å². The zero-order chi connectivity index (χ0) is 12.5. The van der Waals surface area contributed by atoms with E-state index in [2.05, 4.69) is 17.5 Å². The van der Waals surface area contributed by atoms with Crippen molar-refractivity contribution in [3.8, 4) is 0 Å². The van der Waals surface area contributed by atoms with Crippen LogP contribution in [-0.4, -0.2) is 11.1 Å². The fraction of sp³-hybridized carbons (Fsp3) is 0.357. The maximum absolute atomic E-state index is 11.3. The maximum atomic E-state index is 11.3. The average Bonchev–Trinajstić information content (AvgIpc) is 2.72. The van der Waals surface area contributed by atoms with E-state index in [1.807, 2.05) is 26.0 Å². The molecule has 0 bridgehead atoms. The molecule has 1 aromatic heterocycles. The van der Waals surface area contributed by atoms with Crippen molar-refractivity contribution in [1.29, 1.82) is 0 Å². The minimum absolute atomic E-state index is 0.608. The third-order valence-corrected chi connectivity index (χ3v) is 4.46. The van der Waals surface area contributed by atoms with Crippen molar-refractivity contribution < 1.29 is 9.90 Å². The Hall–Kier alpha value is -1.35. The molecule has 1 atom stereocenters. The fourth-order valence-corrected chi connectivity index (χ4v) is 3.08. The summed E-state index contributed by atoms with van der Waals surface area (Å²) in [6, 6.07) is 8.15. The molecule has 2 aromatic rings. The minimum atomic E-state index is -0.711. The van der Waals surface area contributed by atoms with Gasteiger partial charge in [0, 0.05) is 4.88 Å². The van der Waals surface area contributed by atoms with Crippen LogP contribution in [0.25, 0.3) is 10.8 Å². The third-order valence-electron chi connectivity index (χ3n) is 3.44. The molecule has 2 nitrogen and oxygen atoms in total. The van der Waals surface area contributed by atoms with Gasteiger partial charge in [-0.3, -0.25) is 4.79 Å². The van der Waals surface area contributed by atoms with E-state index in [4.69, 9.17) is 0 Å². The molecule has 90 valence electrons. The van der Waals surface area contributed by atoms with Gasteiger partial charge in [0.25, 0.3) is 0 Å². The Labute approximate surface area is 105 Å². The number of fused-ring (bicyclic) bond motifs is 1. The van der Waals surface area contributed by atoms with Crippen LogP contribution in [0.1, 0.15) is 25.1 Å². The monoisotopic (exact) mass is 248 g/mol. The molecule has 2 rings (SSSR count). The summed E-state index contributed by atoms with van der Waals surface area (Å²) < 4.78 is 0. The molecule has 3 heteroatoms. The summed E-state index contributed by atoms with van der Waals surface area (Å²) in [6.45, 7) is 3.76. The van der Waals surface area contributed by atoms with E-state index in [1.165, 1.54) is 15.6 Å². The van der Waals surface area contributed by atoms with E-state index in [-0.39, 0.29) is 0 Å². The van der Waals surface area contributed by atoms with Crippen molar-refractivity contribution in [2.75, 3.05) is 0 Å². The number of rotatable bonds is 4. The van der Waals surface area contributed by atoms with E-state index >= 15 is 0 Å². The van der Waals surface area contributed by atoms with E-state index in [0.717, 1.165) is 0 Å². The molecular formula is C14H16O2S. The van der Waals surface area contributed by atoms with Gasteiger partial charge in [0.2, 0.25) is 0 Å². The summed E-state index contributed by atoms with van der Waals surface area (Å²) in [6.07, 6.45) is 1.26. The standard InChI is InChI=1S/C14H16O2S/c1-3-14(2,13(15)16)8-12-11-7-5-4-6-10(11)9-17-12/h4-7,9H,3,8H2,1-2H3,(H,15,16). The number of carboxylic acid groups (broad SMARTS) is 1. The van der Waals surface area contributed by atoms with E-state index in [0.29, 0.717) is 12.8 Å². The molecule has 0 aliphatic carbocycles. The molecule has 1 N–H and O–H groups in total. The van der Waals surface area contributed by atoms with Crippen LogP contribution in [0.15, 0.2) is 29.6 Å². The zero-order valence-corrected chi connectivity index (χ0v) is 10.9. The first-order valence-corrected chi connectivity index (χ1v) is 6.63. The lowest BCUT2D eigenvalue weighted by molar-refractivity contribution is -0.148. The van der Waals surface area contributed by atoms with Crippen molar-refractivity contribution in [3.05, 3.63) is 34.5 Å². The largest absolute Gasteiger partial charge is 0.481 e. The van der Waals surface area contributed by atoms with Crippen molar-refractivity contribution in [2.24, 2.45) is 5.41 Å². The SMILES string of the molecule is CCC(C)(Cc1scc2ccccc12)C(=O)O. The summed E-state index contributed by atoms with van der Waals surface area (Å²) >= 11 is 1.66. The van der Waals surface area contributed by atoms with Gasteiger partial charge in [-0.15, -0.1) is 11.3 Å². The van der Waals surface area contributed by atoms with Crippen LogP contribution in [0.2, 0.25) is 0 Å². The van der Waals surface area contributed by atoms with Crippen molar-refractivity contribution in [3.63, 3.8) is 0 Å². The second kappa shape index (κ2) is 4.49. The summed E-state index contributed by atoms with van der Waals surface area (Å²) in [4.78, 5) is 12.5. The van der Waals surface area contributed by atoms with Crippen LogP contribution in [0, 0.1) is 5.41 Å². The van der Waals surface area contributed by atoms with Gasteiger partial charge in [0.15, 0.2) is 0 Å². The summed E-state index contributed by atoms with van der Waals surface area (Å²) in [5.41, 5.74) is -0.659. The summed E-state index contributed by atoms with van der Waals surface area (Å²) in [5, 5.41) is 13.8. The maximum Gasteiger partial charge on any atom is 0.309 e. The number of hydrogen-bond acceptors (Lipinski definition) is 2. The van der Waals surface area contributed by atoms with Gasteiger partial charge in [-0.05, 0) is 35.9 Å². The quantitative estimate of drug-likeness (QED) is 0.889. The molecule has 0 saturated carbocycles. The summed E-state index contributed by atoms with van der Waals surface area (Å²) in [5.74, 6) is -0.711. The van der Waals surface area contributed by atoms with Crippen molar-refractivity contribution in [1.82, 2.24) is 0 Å². The highest BCUT2D eigenvalue weighted by Crippen LogP contribution is 2.34. The number of benzene rings is 1. The van der Waals surface area contributed by atoms with Crippen LogP contribution in [0.4, 0.5) is 0 Å². The Morgan fingerprint density at radius 3 is 2.76 bits per heavy atom. The molecule has 1 unspecified atom stereocenters. The van der Waals surface area contributed by atoms with Crippen molar-refractivity contribution in [2.45, 2.75) is 26.7 Å². The van der Waals surface area contributed by atoms with Gasteiger partial charge >= 0.3 is 5.97 Å². The molecule has 17 heavy (non-hydrogen) atoms. The van der Waals surface area contributed by atoms with Gasteiger partial charge in [0.05, 0.1) is 5.41 Å². The van der Waals surface area contributed by atoms with Crippen LogP contribution in [0.3, 0.4) is 0 Å². The van der Waals surface area contributed by atoms with Crippen LogP contribution in [-0.2, 0) is 11.2 Å². The molecule has 0 saturated heterocycles. The number of carbonyl (C=O) groups is 1. The second-order valence-electron chi connectivity index (χ2n) is 4.64. The van der Waals surface area contributed by atoms with E-state index in [9.17, 15) is 9.90 Å². The summed E-state index contributed by atoms with van der Waals surface area (Å²) in [7, 11) is 0. The number of aliphatic carboxylic acids is 1. The zero-order valence-electron chi connectivity index (χ0n) is 10.1. The predicted octanol–water partition coefficient (Wildman–Crippen LogP) is 3.94. The smallest absolute Gasteiger partial charge is 0.309 e. The first-order chi connectivity index (χ1) is 8.07. The average molecular weight is 248 g/mol. The van der Waals surface area contributed by atoms with Gasteiger partial charge in [-0.1, -0.05) is 31.2 Å². The normalized spacial score (nSPS) is 14.7. The van der Waals surface area contributed by atoms with E-state index in [1.54, 1.807) is 11.3 Å². The molecule has 0 amide bonds. The highest BCUT2D eigenvalue weighted by Gasteiger charge is 2.32. The Balaban J connectivity index is 2.38. The Kier molecular flexibility index (Phi) is 3.20. The van der Waals surface area contributed by atoms with E-state index < -0.39 is 11.4 Å². The molecule has 1 aromatic carbocycles. The Morgan fingerprint density at radius 1 is 1.41 bits per heavy atom. The third kappa shape index (κ3) is 2.20. The molecule has 0 radical (unpaired) electrons. The lowest BCUT2D eigenvalue weighted by Crippen LogP contribution is -2.28. The molecular weight excluding hydrogens is 232 g/mol. The number of hydrogen-bond donors (Lipinski definition) is 1. The van der Waals surface area contributed by atoms with Gasteiger partial charge in [0.1, 0.15) is 0 Å². The van der Waals surface area contributed by atoms with Crippen LogP contribution in [0.5, 0.6) is 0 Å². The second-order valence-corrected chi connectivity index (χ2v) is 5.61. The lowest BCUT2D eigenvalue weighted by atomic mass is 9.83. The van der Waals surface area contributed by atoms with Crippen molar-refractivity contribution >= 4 is 28.1 Å². The van der Waals surface area contributed by atoms with Crippen LogP contribution >= 0.6 is 11.3 Å². The Bertz CT molecular complexity index is 544. The highest BCUT2D eigenvalue weighted by atomic mass is 32.1. The lowest BCUT2D eigenvalue weighted by Gasteiger charge is -2.22. The first kappa shape index (κ1) is 12.1.